The number of ether oxygens (including phenoxy) is 1. The zero-order valence-corrected chi connectivity index (χ0v) is 18.8. The highest BCUT2D eigenvalue weighted by Gasteiger charge is 2.29. The van der Waals surface area contributed by atoms with Gasteiger partial charge in [-0.25, -0.2) is 0 Å². The number of aryl methyl sites for hydroxylation is 1. The Morgan fingerprint density at radius 3 is 2.56 bits per heavy atom. The molecule has 2 aromatic carbocycles. The molecule has 1 saturated carbocycles. The third kappa shape index (κ3) is 4.19. The Morgan fingerprint density at radius 1 is 1.12 bits per heavy atom. The number of amides is 1. The van der Waals surface area contributed by atoms with Crippen LogP contribution in [0.1, 0.15) is 32.6 Å². The number of carbonyl (C=O) groups excluding carboxylic acids is 1. The number of benzene rings is 2. The minimum atomic E-state index is 0.122. The Bertz CT molecular complexity index is 1110. The molecule has 0 spiro atoms. The number of hydrogen-bond acceptors (Lipinski definition) is 4. The Kier molecular flexibility index (Phi) is 5.79. The summed E-state index contributed by atoms with van der Waals surface area (Å²) in [5.41, 5.74) is 11.4. The molecular weight excluding hydrogens is 400 g/mol. The number of nitrogens with zero attached hydrogens (tertiary/aromatic N) is 2. The summed E-state index contributed by atoms with van der Waals surface area (Å²) in [5, 5.41) is 4.04. The van der Waals surface area contributed by atoms with Crippen molar-refractivity contribution in [2.75, 3.05) is 37.3 Å². The first-order valence-corrected chi connectivity index (χ1v) is 11.8. The summed E-state index contributed by atoms with van der Waals surface area (Å²) < 4.78 is 8.32. The molecule has 2 aliphatic rings. The van der Waals surface area contributed by atoms with E-state index in [4.69, 9.17) is 10.5 Å². The molecule has 0 radical (unpaired) electrons. The number of nitrogens with two attached hydrogens (primary N) is 1. The topological polar surface area (TPSA) is 72.5 Å². The number of carbonyl (C=O) groups is 1. The van der Waals surface area contributed by atoms with Gasteiger partial charge < -0.3 is 20.4 Å². The van der Waals surface area contributed by atoms with Crippen molar-refractivity contribution in [3.63, 3.8) is 0 Å². The lowest BCUT2D eigenvalue weighted by Gasteiger charge is -2.15. The molecule has 1 saturated heterocycles. The Labute approximate surface area is 189 Å². The highest BCUT2D eigenvalue weighted by atomic mass is 16.5. The van der Waals surface area contributed by atoms with Gasteiger partial charge in [0.1, 0.15) is 12.4 Å². The second kappa shape index (κ2) is 8.87. The number of aromatic nitrogens is 1. The molecule has 1 aliphatic carbocycles. The van der Waals surface area contributed by atoms with Gasteiger partial charge in [-0.2, -0.15) is 0 Å². The fourth-order valence-electron chi connectivity index (χ4n) is 4.69. The maximum Gasteiger partial charge on any atom is 0.227 e. The second-order valence-electron chi connectivity index (χ2n) is 8.92. The van der Waals surface area contributed by atoms with Crippen molar-refractivity contribution in [1.82, 2.24) is 9.47 Å². The molecule has 3 N–H and O–H groups in total. The van der Waals surface area contributed by atoms with E-state index in [1.807, 2.05) is 30.3 Å². The highest BCUT2D eigenvalue weighted by Crippen LogP contribution is 2.38. The zero-order chi connectivity index (χ0) is 22.1. The molecule has 0 bridgehead atoms. The lowest BCUT2D eigenvalue weighted by atomic mass is 10.1. The molecule has 1 aliphatic heterocycles. The second-order valence-corrected chi connectivity index (χ2v) is 8.92. The van der Waals surface area contributed by atoms with Crippen LogP contribution in [-0.4, -0.2) is 41.6 Å². The quantitative estimate of drug-likeness (QED) is 0.540. The fraction of sp³-hybridized carbons (Fsp3) is 0.423. The maximum absolute atomic E-state index is 12.0. The van der Waals surface area contributed by atoms with Crippen LogP contribution in [0.15, 0.2) is 42.5 Å². The lowest BCUT2D eigenvalue weighted by molar-refractivity contribution is -0.117. The summed E-state index contributed by atoms with van der Waals surface area (Å²) in [7, 11) is 0. The number of anilines is 2. The average Bonchev–Trinajstić information content (AvgIpc) is 3.47. The summed E-state index contributed by atoms with van der Waals surface area (Å²) in [6, 6.07) is 14.2. The van der Waals surface area contributed by atoms with Crippen molar-refractivity contribution in [2.24, 2.45) is 5.92 Å². The molecule has 2 heterocycles. The van der Waals surface area contributed by atoms with Gasteiger partial charge in [0.2, 0.25) is 5.91 Å². The van der Waals surface area contributed by atoms with Gasteiger partial charge in [-0.1, -0.05) is 12.1 Å². The van der Waals surface area contributed by atoms with E-state index in [-0.39, 0.29) is 11.8 Å². The van der Waals surface area contributed by atoms with Crippen LogP contribution in [0.25, 0.3) is 22.2 Å². The Hall–Kier alpha value is -2.99. The first-order chi connectivity index (χ1) is 15.6. The molecule has 3 aromatic rings. The van der Waals surface area contributed by atoms with Gasteiger partial charge in [0.25, 0.3) is 0 Å². The average molecular weight is 433 g/mol. The SMILES string of the molecule is CCn1c(-c2ccc(NC(=O)C3CC3)cc2)c(N)c2ccc(OCCN3CCCC3)cc21. The summed E-state index contributed by atoms with van der Waals surface area (Å²) in [4.78, 5) is 14.5. The molecule has 1 amide bonds. The van der Waals surface area contributed by atoms with Crippen LogP contribution in [0, 0.1) is 5.92 Å². The number of nitrogens with one attached hydrogen (secondary N) is 1. The van der Waals surface area contributed by atoms with Crippen molar-refractivity contribution in [1.29, 1.82) is 0 Å². The number of hydrogen-bond donors (Lipinski definition) is 2. The van der Waals surface area contributed by atoms with Gasteiger partial charge >= 0.3 is 0 Å². The van der Waals surface area contributed by atoms with E-state index in [0.717, 1.165) is 65.2 Å². The number of nitrogen functional groups attached to an aromatic ring is 1. The Balaban J connectivity index is 1.37. The first-order valence-electron chi connectivity index (χ1n) is 11.8. The van der Waals surface area contributed by atoms with E-state index in [1.54, 1.807) is 0 Å². The Morgan fingerprint density at radius 2 is 1.88 bits per heavy atom. The lowest BCUT2D eigenvalue weighted by Crippen LogP contribution is -2.25. The van der Waals surface area contributed by atoms with E-state index in [9.17, 15) is 4.79 Å². The molecule has 6 nitrogen and oxygen atoms in total. The molecule has 6 heteroatoms. The van der Waals surface area contributed by atoms with Crippen LogP contribution in [0.3, 0.4) is 0 Å². The normalized spacial score (nSPS) is 16.5. The van der Waals surface area contributed by atoms with E-state index in [2.05, 4.69) is 33.8 Å². The highest BCUT2D eigenvalue weighted by molar-refractivity contribution is 6.01. The summed E-state index contributed by atoms with van der Waals surface area (Å²) in [6.45, 7) is 6.99. The standard InChI is InChI=1S/C26H32N4O2/c1-2-30-23-17-21(32-16-15-29-13-3-4-14-29)11-12-22(23)24(27)25(30)18-7-9-20(10-8-18)28-26(31)19-5-6-19/h7-12,17,19H,2-6,13-16,27H2,1H3,(H,28,31). The summed E-state index contributed by atoms with van der Waals surface area (Å²) >= 11 is 0. The largest absolute Gasteiger partial charge is 0.492 e. The zero-order valence-electron chi connectivity index (χ0n) is 18.8. The van der Waals surface area contributed by atoms with E-state index in [1.165, 1.54) is 25.9 Å². The molecule has 5 rings (SSSR count). The van der Waals surface area contributed by atoms with Gasteiger partial charge in [0.15, 0.2) is 0 Å². The van der Waals surface area contributed by atoms with E-state index >= 15 is 0 Å². The molecule has 0 atom stereocenters. The van der Waals surface area contributed by atoms with Gasteiger partial charge in [0, 0.05) is 41.7 Å². The number of rotatable bonds is 8. The third-order valence-electron chi connectivity index (χ3n) is 6.64. The van der Waals surface area contributed by atoms with Crippen LogP contribution in [0.4, 0.5) is 11.4 Å². The van der Waals surface area contributed by atoms with Gasteiger partial charge in [0.05, 0.1) is 16.9 Å². The van der Waals surface area contributed by atoms with Crippen LogP contribution in [0.2, 0.25) is 0 Å². The van der Waals surface area contributed by atoms with Gasteiger partial charge in [-0.05, 0) is 70.0 Å². The predicted molar refractivity (Wildman–Crippen MR) is 130 cm³/mol. The number of likely N-dealkylation sites (tertiary alicyclic amines) is 1. The number of fused-ring (bicyclic) bond motifs is 1. The minimum absolute atomic E-state index is 0.122. The van der Waals surface area contributed by atoms with Crippen LogP contribution < -0.4 is 15.8 Å². The smallest absolute Gasteiger partial charge is 0.227 e. The molecule has 168 valence electrons. The summed E-state index contributed by atoms with van der Waals surface area (Å²) in [5.74, 6) is 1.20. The van der Waals surface area contributed by atoms with Crippen LogP contribution in [0.5, 0.6) is 5.75 Å². The first kappa shape index (κ1) is 20.9. The van der Waals surface area contributed by atoms with Crippen LogP contribution in [-0.2, 0) is 11.3 Å². The minimum Gasteiger partial charge on any atom is -0.492 e. The molecule has 2 fully saturated rings. The molecule has 1 aromatic heterocycles. The molecular formula is C26H32N4O2. The van der Waals surface area contributed by atoms with Crippen molar-refractivity contribution in [2.45, 2.75) is 39.2 Å². The fourth-order valence-corrected chi connectivity index (χ4v) is 4.69. The van der Waals surface area contributed by atoms with Crippen molar-refractivity contribution in [3.05, 3.63) is 42.5 Å². The van der Waals surface area contributed by atoms with E-state index in [0.29, 0.717) is 6.61 Å². The monoisotopic (exact) mass is 432 g/mol. The molecule has 32 heavy (non-hydrogen) atoms. The molecule has 0 unspecified atom stereocenters. The van der Waals surface area contributed by atoms with Crippen molar-refractivity contribution < 1.29 is 9.53 Å². The predicted octanol–water partition coefficient (Wildman–Crippen LogP) is 4.73. The maximum atomic E-state index is 12.0. The third-order valence-corrected chi connectivity index (χ3v) is 6.64. The van der Waals surface area contributed by atoms with Gasteiger partial charge in [-0.15, -0.1) is 0 Å². The van der Waals surface area contributed by atoms with Crippen LogP contribution >= 0.6 is 0 Å². The van der Waals surface area contributed by atoms with Gasteiger partial charge in [-0.3, -0.25) is 9.69 Å². The summed E-state index contributed by atoms with van der Waals surface area (Å²) in [6.07, 6.45) is 4.60. The van der Waals surface area contributed by atoms with Crippen molar-refractivity contribution in [3.8, 4) is 17.0 Å². The van der Waals surface area contributed by atoms with E-state index < -0.39 is 0 Å². The van der Waals surface area contributed by atoms with Crippen molar-refractivity contribution >= 4 is 28.2 Å².